The van der Waals surface area contributed by atoms with Gasteiger partial charge in [-0.15, -0.1) is 0 Å². The van der Waals surface area contributed by atoms with Gasteiger partial charge in [0, 0.05) is 37.8 Å². The Kier molecular flexibility index (Phi) is 5.45. The molecule has 27 heavy (non-hydrogen) atoms. The van der Waals surface area contributed by atoms with Crippen molar-refractivity contribution in [3.05, 3.63) is 54.1 Å². The summed E-state index contributed by atoms with van der Waals surface area (Å²) in [4.78, 5) is 6.95. The second-order valence-electron chi connectivity index (χ2n) is 7.89. The van der Waals surface area contributed by atoms with Crippen molar-refractivity contribution in [3.63, 3.8) is 0 Å². The van der Waals surface area contributed by atoms with Crippen molar-refractivity contribution >= 4 is 17.3 Å². The normalized spacial score (nSPS) is 25.4. The van der Waals surface area contributed by atoms with Crippen LogP contribution in [0, 0.1) is 5.92 Å². The topological polar surface area (TPSA) is 42.3 Å². The molecule has 4 rings (SSSR count). The van der Waals surface area contributed by atoms with E-state index in [2.05, 4.69) is 58.0 Å². The number of nitrogens with zero attached hydrogens (tertiary/aromatic N) is 3. The Bertz CT molecular complexity index is 769. The molecule has 4 heterocycles. The lowest BCUT2D eigenvalue weighted by atomic mass is 10.0. The van der Waals surface area contributed by atoms with E-state index in [4.69, 9.17) is 17.0 Å². The Morgan fingerprint density at radius 1 is 1.30 bits per heavy atom. The van der Waals surface area contributed by atoms with E-state index in [0.717, 1.165) is 43.3 Å². The van der Waals surface area contributed by atoms with Gasteiger partial charge in [-0.2, -0.15) is 0 Å². The molecule has 0 aliphatic carbocycles. The third-order valence-electron chi connectivity index (χ3n) is 5.35. The quantitative estimate of drug-likeness (QED) is 0.770. The van der Waals surface area contributed by atoms with Gasteiger partial charge in [0.15, 0.2) is 5.11 Å². The van der Waals surface area contributed by atoms with E-state index >= 15 is 0 Å². The first-order chi connectivity index (χ1) is 13.1. The van der Waals surface area contributed by atoms with Crippen molar-refractivity contribution in [2.75, 3.05) is 13.2 Å². The van der Waals surface area contributed by atoms with E-state index < -0.39 is 0 Å². The number of hydrogen-bond donors (Lipinski definition) is 1. The highest BCUT2D eigenvalue weighted by Gasteiger charge is 2.41. The summed E-state index contributed by atoms with van der Waals surface area (Å²) in [7, 11) is 0. The van der Waals surface area contributed by atoms with Crippen LogP contribution in [0.2, 0.25) is 0 Å². The van der Waals surface area contributed by atoms with E-state index in [1.54, 1.807) is 0 Å². The van der Waals surface area contributed by atoms with Crippen LogP contribution < -0.4 is 5.32 Å². The lowest BCUT2D eigenvalue weighted by Crippen LogP contribution is -2.34. The van der Waals surface area contributed by atoms with Crippen LogP contribution >= 0.6 is 12.2 Å². The lowest BCUT2D eigenvalue weighted by Gasteiger charge is -2.30. The maximum absolute atomic E-state index is 5.88. The zero-order valence-corrected chi connectivity index (χ0v) is 16.9. The van der Waals surface area contributed by atoms with Gasteiger partial charge in [-0.25, -0.2) is 0 Å². The Labute approximate surface area is 166 Å². The van der Waals surface area contributed by atoms with Crippen molar-refractivity contribution in [2.45, 2.75) is 51.4 Å². The van der Waals surface area contributed by atoms with E-state index in [9.17, 15) is 0 Å². The first-order valence-electron chi connectivity index (χ1n) is 9.88. The second kappa shape index (κ2) is 7.98. The van der Waals surface area contributed by atoms with Crippen LogP contribution in [0.3, 0.4) is 0 Å². The summed E-state index contributed by atoms with van der Waals surface area (Å²) >= 11 is 5.73. The van der Waals surface area contributed by atoms with E-state index in [-0.39, 0.29) is 12.1 Å². The van der Waals surface area contributed by atoms with Gasteiger partial charge >= 0.3 is 0 Å². The number of ether oxygens (including phenoxy) is 1. The largest absolute Gasteiger partial charge is 0.376 e. The minimum absolute atomic E-state index is 0.0515. The van der Waals surface area contributed by atoms with Crippen molar-refractivity contribution in [1.82, 2.24) is 19.8 Å². The highest BCUT2D eigenvalue weighted by molar-refractivity contribution is 7.80. The molecule has 2 aliphatic heterocycles. The standard InChI is InChI=1S/C21H28N4OS/c1-15(2)13-25-20(19(23-21(25)27)17-8-3-4-10-22-17)18-9-5-11-24(18)14-16-7-6-12-26-16/h3-5,8-11,15-16,19-20H,6-7,12-14H2,1-2H3,(H,23,27)/t16-,19-,20-/m1/s1. The molecule has 0 unspecified atom stereocenters. The summed E-state index contributed by atoms with van der Waals surface area (Å²) in [6, 6.07) is 10.6. The molecule has 2 aliphatic rings. The number of aromatic nitrogens is 2. The molecule has 0 radical (unpaired) electrons. The van der Waals surface area contributed by atoms with Gasteiger partial charge in [-0.3, -0.25) is 4.98 Å². The second-order valence-corrected chi connectivity index (χ2v) is 8.28. The average Bonchev–Trinajstić information content (AvgIpc) is 3.38. The van der Waals surface area contributed by atoms with Crippen molar-refractivity contribution in [3.8, 4) is 0 Å². The Morgan fingerprint density at radius 3 is 2.89 bits per heavy atom. The summed E-state index contributed by atoms with van der Waals surface area (Å²) in [6.45, 7) is 7.17. The predicted octanol–water partition coefficient (Wildman–Crippen LogP) is 3.69. The van der Waals surface area contributed by atoms with E-state index in [1.165, 1.54) is 5.69 Å². The first kappa shape index (κ1) is 18.4. The monoisotopic (exact) mass is 384 g/mol. The van der Waals surface area contributed by atoms with Gasteiger partial charge in [0.1, 0.15) is 0 Å². The lowest BCUT2D eigenvalue weighted by molar-refractivity contribution is 0.0952. The highest BCUT2D eigenvalue weighted by atomic mass is 32.1. The molecule has 0 amide bonds. The van der Waals surface area contributed by atoms with Gasteiger partial charge in [0.25, 0.3) is 0 Å². The molecule has 144 valence electrons. The summed E-state index contributed by atoms with van der Waals surface area (Å²) in [5, 5.41) is 4.35. The number of nitrogens with one attached hydrogen (secondary N) is 1. The van der Waals surface area contributed by atoms with Crippen LogP contribution in [0.4, 0.5) is 0 Å². The molecule has 2 saturated heterocycles. The molecule has 6 heteroatoms. The predicted molar refractivity (Wildman–Crippen MR) is 110 cm³/mol. The van der Waals surface area contributed by atoms with E-state index in [1.807, 2.05) is 18.3 Å². The van der Waals surface area contributed by atoms with Gasteiger partial charge in [-0.1, -0.05) is 19.9 Å². The van der Waals surface area contributed by atoms with Crippen LogP contribution in [0.25, 0.3) is 0 Å². The maximum Gasteiger partial charge on any atom is 0.170 e. The SMILES string of the molecule is CC(C)CN1C(=S)N[C@H](c2ccccn2)[C@H]1c1cccn1C[C@H]1CCCO1. The summed E-state index contributed by atoms with van der Waals surface area (Å²) in [6.07, 6.45) is 6.63. The highest BCUT2D eigenvalue weighted by Crippen LogP contribution is 2.39. The summed E-state index contributed by atoms with van der Waals surface area (Å²) < 4.78 is 8.23. The van der Waals surface area contributed by atoms with Gasteiger partial charge in [-0.05, 0) is 55.2 Å². The molecule has 0 saturated carbocycles. The number of hydrogen-bond acceptors (Lipinski definition) is 3. The number of thiocarbonyl (C=S) groups is 1. The molecule has 0 aromatic carbocycles. The molecule has 2 aromatic rings. The van der Waals surface area contributed by atoms with Gasteiger partial charge in [0.2, 0.25) is 0 Å². The summed E-state index contributed by atoms with van der Waals surface area (Å²) in [5.74, 6) is 0.524. The fraction of sp³-hybridized carbons (Fsp3) is 0.524. The zero-order valence-electron chi connectivity index (χ0n) is 16.0. The van der Waals surface area contributed by atoms with Crippen LogP contribution in [-0.4, -0.2) is 38.8 Å². The van der Waals surface area contributed by atoms with Crippen LogP contribution in [0.5, 0.6) is 0 Å². The van der Waals surface area contributed by atoms with Crippen LogP contribution in [0.1, 0.15) is 50.2 Å². The van der Waals surface area contributed by atoms with Crippen molar-refractivity contribution in [2.24, 2.45) is 5.92 Å². The van der Waals surface area contributed by atoms with E-state index in [0.29, 0.717) is 12.0 Å². The number of rotatable bonds is 6. The fourth-order valence-electron chi connectivity index (χ4n) is 4.19. The molecule has 0 spiro atoms. The minimum Gasteiger partial charge on any atom is -0.376 e. The molecule has 2 fully saturated rings. The Balaban J connectivity index is 1.68. The maximum atomic E-state index is 5.88. The Hall–Kier alpha value is -1.92. The molecule has 5 nitrogen and oxygen atoms in total. The third-order valence-corrected chi connectivity index (χ3v) is 5.70. The molecular formula is C21H28N4OS. The Morgan fingerprint density at radius 2 is 2.19 bits per heavy atom. The zero-order chi connectivity index (χ0) is 18.8. The van der Waals surface area contributed by atoms with Gasteiger partial charge < -0.3 is 19.5 Å². The molecular weight excluding hydrogens is 356 g/mol. The fourth-order valence-corrected chi connectivity index (χ4v) is 4.50. The molecule has 0 bridgehead atoms. The van der Waals surface area contributed by atoms with Crippen molar-refractivity contribution in [1.29, 1.82) is 0 Å². The molecule has 1 N–H and O–H groups in total. The van der Waals surface area contributed by atoms with Crippen LogP contribution in [-0.2, 0) is 11.3 Å². The van der Waals surface area contributed by atoms with Gasteiger partial charge in [0.05, 0.1) is 23.9 Å². The summed E-state index contributed by atoms with van der Waals surface area (Å²) in [5.41, 5.74) is 2.30. The number of pyridine rings is 1. The van der Waals surface area contributed by atoms with Crippen molar-refractivity contribution < 1.29 is 4.74 Å². The van der Waals surface area contributed by atoms with Crippen LogP contribution in [0.15, 0.2) is 42.7 Å². The average molecular weight is 385 g/mol. The first-order valence-corrected chi connectivity index (χ1v) is 10.3. The smallest absolute Gasteiger partial charge is 0.170 e. The minimum atomic E-state index is 0.0515. The molecule has 3 atom stereocenters. The third kappa shape index (κ3) is 3.87. The molecule has 2 aromatic heterocycles.